The molecule has 0 aromatic heterocycles. The van der Waals surface area contributed by atoms with Crippen LogP contribution in [0, 0.1) is 17.1 Å². The molecule has 0 bridgehead atoms. The Balaban J connectivity index is 1.84. The van der Waals surface area contributed by atoms with Gasteiger partial charge in [0.05, 0.1) is 6.61 Å². The summed E-state index contributed by atoms with van der Waals surface area (Å²) in [5.41, 5.74) is 1.74. The van der Waals surface area contributed by atoms with Gasteiger partial charge in [-0.05, 0) is 66.6 Å². The first-order valence-electron chi connectivity index (χ1n) is 9.92. The molecule has 5 nitrogen and oxygen atoms in total. The van der Waals surface area contributed by atoms with Gasteiger partial charge in [-0.25, -0.2) is 4.39 Å². The number of anilines is 1. The van der Waals surface area contributed by atoms with Gasteiger partial charge in [-0.2, -0.15) is 5.26 Å². The molecular formula is C25H19BrClFN2O3. The van der Waals surface area contributed by atoms with Crippen molar-refractivity contribution in [3.63, 3.8) is 0 Å². The number of benzene rings is 3. The van der Waals surface area contributed by atoms with Gasteiger partial charge in [-0.1, -0.05) is 45.7 Å². The van der Waals surface area contributed by atoms with Crippen LogP contribution in [-0.2, 0) is 11.4 Å². The van der Waals surface area contributed by atoms with Gasteiger partial charge in [0.25, 0.3) is 5.91 Å². The predicted molar refractivity (Wildman–Crippen MR) is 130 cm³/mol. The number of carbonyl (C=O) groups is 1. The van der Waals surface area contributed by atoms with Crippen molar-refractivity contribution in [3.8, 4) is 17.6 Å². The van der Waals surface area contributed by atoms with Gasteiger partial charge < -0.3 is 14.8 Å². The Morgan fingerprint density at radius 3 is 2.55 bits per heavy atom. The lowest BCUT2D eigenvalue weighted by molar-refractivity contribution is -0.112. The molecule has 1 N–H and O–H groups in total. The van der Waals surface area contributed by atoms with E-state index in [4.69, 9.17) is 21.1 Å². The van der Waals surface area contributed by atoms with Gasteiger partial charge in [0.15, 0.2) is 11.5 Å². The number of hydrogen-bond acceptors (Lipinski definition) is 4. The first kappa shape index (κ1) is 24.3. The van der Waals surface area contributed by atoms with Crippen LogP contribution in [0.15, 0.2) is 70.7 Å². The largest absolute Gasteiger partial charge is 0.490 e. The van der Waals surface area contributed by atoms with Crippen molar-refractivity contribution in [1.82, 2.24) is 0 Å². The van der Waals surface area contributed by atoms with E-state index in [2.05, 4.69) is 21.2 Å². The predicted octanol–water partition coefficient (Wildman–Crippen LogP) is 6.76. The van der Waals surface area contributed by atoms with Crippen LogP contribution in [0.5, 0.6) is 11.5 Å². The van der Waals surface area contributed by atoms with E-state index in [1.807, 2.05) is 13.0 Å². The summed E-state index contributed by atoms with van der Waals surface area (Å²) in [5.74, 6) is 0.0234. The number of hydrogen-bond donors (Lipinski definition) is 1. The Kier molecular flexibility index (Phi) is 8.47. The molecule has 0 aliphatic heterocycles. The van der Waals surface area contributed by atoms with Gasteiger partial charge in [0.2, 0.25) is 0 Å². The lowest BCUT2D eigenvalue weighted by atomic mass is 10.1. The van der Waals surface area contributed by atoms with Crippen LogP contribution in [-0.4, -0.2) is 12.5 Å². The lowest BCUT2D eigenvalue weighted by Gasteiger charge is -2.14. The third-order valence-electron chi connectivity index (χ3n) is 4.42. The van der Waals surface area contributed by atoms with Crippen molar-refractivity contribution in [3.05, 3.63) is 92.7 Å². The number of rotatable bonds is 8. The fourth-order valence-corrected chi connectivity index (χ4v) is 3.48. The summed E-state index contributed by atoms with van der Waals surface area (Å²) < 4.78 is 25.3. The molecule has 0 spiro atoms. The molecule has 3 aromatic carbocycles. The standard InChI is InChI=1S/C25H19BrClFN2O3/c1-2-32-23-11-17(10-18(14-29)25(31)30-21-5-3-4-19(27)12-21)22(26)13-24(23)33-15-16-6-8-20(28)9-7-16/h3-13H,2,15H2,1H3,(H,30,31)/b18-10+. The minimum absolute atomic E-state index is 0.0990. The maximum atomic E-state index is 13.1. The van der Waals surface area contributed by atoms with E-state index in [0.29, 0.717) is 38.9 Å². The summed E-state index contributed by atoms with van der Waals surface area (Å²) >= 11 is 9.41. The Morgan fingerprint density at radius 1 is 1.15 bits per heavy atom. The smallest absolute Gasteiger partial charge is 0.266 e. The van der Waals surface area contributed by atoms with Crippen LogP contribution in [0.3, 0.4) is 0 Å². The third-order valence-corrected chi connectivity index (χ3v) is 5.34. The first-order chi connectivity index (χ1) is 15.9. The minimum Gasteiger partial charge on any atom is -0.490 e. The molecule has 3 aromatic rings. The number of halogens is 3. The molecule has 0 unspecified atom stereocenters. The molecule has 168 valence electrons. The molecule has 0 radical (unpaired) electrons. The third kappa shape index (κ3) is 6.82. The summed E-state index contributed by atoms with van der Waals surface area (Å²) in [6.07, 6.45) is 1.45. The maximum absolute atomic E-state index is 13.1. The molecule has 8 heteroatoms. The Hall–Kier alpha value is -3.34. The molecule has 0 heterocycles. The second kappa shape index (κ2) is 11.5. The second-order valence-corrected chi connectivity index (χ2v) is 8.09. The molecule has 0 saturated carbocycles. The van der Waals surface area contributed by atoms with Crippen LogP contribution in [0.4, 0.5) is 10.1 Å². The van der Waals surface area contributed by atoms with Gasteiger partial charge in [-0.3, -0.25) is 4.79 Å². The van der Waals surface area contributed by atoms with Crippen molar-refractivity contribution in [1.29, 1.82) is 5.26 Å². The van der Waals surface area contributed by atoms with Gasteiger partial charge >= 0.3 is 0 Å². The highest BCUT2D eigenvalue weighted by molar-refractivity contribution is 9.10. The molecule has 1 amide bonds. The maximum Gasteiger partial charge on any atom is 0.266 e. The lowest BCUT2D eigenvalue weighted by Crippen LogP contribution is -2.13. The fraction of sp³-hybridized carbons (Fsp3) is 0.120. The van der Waals surface area contributed by atoms with Crippen LogP contribution >= 0.6 is 27.5 Å². The molecule has 0 atom stereocenters. The van der Waals surface area contributed by atoms with Crippen molar-refractivity contribution < 1.29 is 18.7 Å². The van der Waals surface area contributed by atoms with E-state index in [0.717, 1.165) is 5.56 Å². The van der Waals surface area contributed by atoms with E-state index >= 15 is 0 Å². The van der Waals surface area contributed by atoms with E-state index in [-0.39, 0.29) is 18.0 Å². The number of amides is 1. The van der Waals surface area contributed by atoms with Crippen LogP contribution in [0.1, 0.15) is 18.1 Å². The van der Waals surface area contributed by atoms with E-state index in [1.165, 1.54) is 18.2 Å². The van der Waals surface area contributed by atoms with Crippen molar-refractivity contribution >= 4 is 45.2 Å². The normalized spacial score (nSPS) is 10.9. The summed E-state index contributed by atoms with van der Waals surface area (Å²) in [6, 6.07) is 18.0. The topological polar surface area (TPSA) is 71.3 Å². The molecule has 0 aliphatic carbocycles. The fourth-order valence-electron chi connectivity index (χ4n) is 2.85. The molecule has 3 rings (SSSR count). The van der Waals surface area contributed by atoms with Gasteiger partial charge in [-0.15, -0.1) is 0 Å². The molecule has 33 heavy (non-hydrogen) atoms. The van der Waals surface area contributed by atoms with E-state index < -0.39 is 5.91 Å². The number of ether oxygens (including phenoxy) is 2. The van der Waals surface area contributed by atoms with Crippen molar-refractivity contribution in [2.24, 2.45) is 0 Å². The zero-order valence-electron chi connectivity index (χ0n) is 17.6. The summed E-state index contributed by atoms with van der Waals surface area (Å²) in [6.45, 7) is 2.44. The Bertz CT molecular complexity index is 1220. The second-order valence-electron chi connectivity index (χ2n) is 6.80. The Morgan fingerprint density at radius 2 is 1.88 bits per heavy atom. The zero-order valence-corrected chi connectivity index (χ0v) is 19.9. The molecule has 0 saturated heterocycles. The van der Waals surface area contributed by atoms with Crippen LogP contribution in [0.25, 0.3) is 6.08 Å². The average Bonchev–Trinajstić information content (AvgIpc) is 2.79. The summed E-state index contributed by atoms with van der Waals surface area (Å²) in [4.78, 5) is 12.6. The van der Waals surface area contributed by atoms with E-state index in [1.54, 1.807) is 48.5 Å². The summed E-state index contributed by atoms with van der Waals surface area (Å²) in [7, 11) is 0. The monoisotopic (exact) mass is 528 g/mol. The highest BCUT2D eigenvalue weighted by Crippen LogP contribution is 2.35. The average molecular weight is 530 g/mol. The molecule has 0 fully saturated rings. The number of carbonyl (C=O) groups excluding carboxylic acids is 1. The number of nitrogens with one attached hydrogen (secondary N) is 1. The SMILES string of the molecule is CCOc1cc(/C=C(\C#N)C(=O)Nc2cccc(Cl)c2)c(Br)cc1OCc1ccc(F)cc1. The minimum atomic E-state index is -0.568. The van der Waals surface area contributed by atoms with E-state index in [9.17, 15) is 14.4 Å². The summed E-state index contributed by atoms with van der Waals surface area (Å²) in [5, 5.41) is 12.7. The van der Waals surface area contributed by atoms with Gasteiger partial charge in [0, 0.05) is 15.2 Å². The van der Waals surface area contributed by atoms with Crippen LogP contribution < -0.4 is 14.8 Å². The number of nitrogens with zero attached hydrogens (tertiary/aromatic N) is 1. The van der Waals surface area contributed by atoms with Crippen molar-refractivity contribution in [2.45, 2.75) is 13.5 Å². The highest BCUT2D eigenvalue weighted by Gasteiger charge is 2.14. The highest BCUT2D eigenvalue weighted by atomic mass is 79.9. The molecule has 0 aliphatic rings. The quantitative estimate of drug-likeness (QED) is 0.258. The molecular weight excluding hydrogens is 511 g/mol. The van der Waals surface area contributed by atoms with Crippen molar-refractivity contribution in [2.75, 3.05) is 11.9 Å². The zero-order chi connectivity index (χ0) is 23.8. The van der Waals surface area contributed by atoms with Gasteiger partial charge in [0.1, 0.15) is 24.1 Å². The first-order valence-corrected chi connectivity index (χ1v) is 11.1. The Labute approximate surface area is 204 Å². The number of nitriles is 1. The van der Waals surface area contributed by atoms with Crippen LogP contribution in [0.2, 0.25) is 5.02 Å².